The van der Waals surface area contributed by atoms with E-state index in [0.717, 1.165) is 32.6 Å². The number of anilines is 1. The van der Waals surface area contributed by atoms with Gasteiger partial charge in [0, 0.05) is 25.0 Å². The summed E-state index contributed by atoms with van der Waals surface area (Å²) in [6.45, 7) is 4.39. The molecule has 5 nitrogen and oxygen atoms in total. The molecule has 0 amide bonds. The van der Waals surface area contributed by atoms with Crippen LogP contribution >= 0.6 is 23.4 Å². The van der Waals surface area contributed by atoms with Gasteiger partial charge in [0.25, 0.3) is 0 Å². The van der Waals surface area contributed by atoms with Crippen molar-refractivity contribution in [3.63, 3.8) is 0 Å². The van der Waals surface area contributed by atoms with Gasteiger partial charge in [-0.05, 0) is 31.4 Å². The Balaban J connectivity index is 2.03. The fourth-order valence-corrected chi connectivity index (χ4v) is 2.78. The van der Waals surface area contributed by atoms with Crippen molar-refractivity contribution in [2.45, 2.75) is 30.2 Å². The normalized spacial score (nSPS) is 17.1. The van der Waals surface area contributed by atoms with Crippen LogP contribution in [-0.2, 0) is 4.74 Å². The average molecular weight is 275 g/mol. The highest BCUT2D eigenvalue weighted by Crippen LogP contribution is 2.28. The minimum absolute atomic E-state index is 0.241. The molecule has 0 unspecified atom stereocenters. The van der Waals surface area contributed by atoms with Crippen molar-refractivity contribution in [1.29, 1.82) is 0 Å². The van der Waals surface area contributed by atoms with Crippen LogP contribution in [0.5, 0.6) is 0 Å². The number of thioether (sulfide) groups is 1. The maximum absolute atomic E-state index is 5.86. The number of hydrogen-bond donors (Lipinski definition) is 1. The Labute approximate surface area is 110 Å². The summed E-state index contributed by atoms with van der Waals surface area (Å²) in [7, 11) is 0. The predicted octanol–water partition coefficient (Wildman–Crippen LogP) is 2.23. The van der Waals surface area contributed by atoms with Gasteiger partial charge in [0.2, 0.25) is 11.2 Å². The lowest BCUT2D eigenvalue weighted by Crippen LogP contribution is -2.18. The molecule has 0 bridgehead atoms. The molecule has 0 aromatic carbocycles. The molecular formula is C10H15ClN4OS. The molecule has 1 aromatic rings. The molecule has 1 aliphatic heterocycles. The molecule has 0 aliphatic carbocycles. The molecule has 2 rings (SSSR count). The average Bonchev–Trinajstić information content (AvgIpc) is 2.30. The van der Waals surface area contributed by atoms with Gasteiger partial charge in [-0.25, -0.2) is 0 Å². The number of hydrogen-bond acceptors (Lipinski definition) is 6. The summed E-state index contributed by atoms with van der Waals surface area (Å²) < 4.78 is 5.32. The third kappa shape index (κ3) is 3.97. The number of halogens is 1. The molecule has 1 aliphatic rings. The van der Waals surface area contributed by atoms with Gasteiger partial charge in [-0.2, -0.15) is 15.0 Å². The first-order valence-corrected chi connectivity index (χ1v) is 6.93. The van der Waals surface area contributed by atoms with Crippen molar-refractivity contribution in [2.75, 3.05) is 25.1 Å². The Bertz CT molecular complexity index is 373. The van der Waals surface area contributed by atoms with E-state index in [1.54, 1.807) is 11.8 Å². The van der Waals surface area contributed by atoms with E-state index in [0.29, 0.717) is 16.4 Å². The van der Waals surface area contributed by atoms with Crippen LogP contribution in [0, 0.1) is 0 Å². The standard InChI is InChI=1S/C10H15ClN4OS/c1-2-12-9-13-8(11)14-10(15-9)17-7-3-5-16-6-4-7/h7H,2-6H2,1H3,(H,12,13,14,15). The Hall–Kier alpha value is -0.590. The van der Waals surface area contributed by atoms with E-state index in [1.165, 1.54) is 0 Å². The van der Waals surface area contributed by atoms with E-state index in [-0.39, 0.29) is 5.28 Å². The molecular weight excluding hydrogens is 260 g/mol. The van der Waals surface area contributed by atoms with Gasteiger partial charge in [0.1, 0.15) is 0 Å². The smallest absolute Gasteiger partial charge is 0.228 e. The second-order valence-electron chi connectivity index (χ2n) is 3.67. The topological polar surface area (TPSA) is 59.9 Å². The Morgan fingerprint density at radius 3 is 2.82 bits per heavy atom. The number of nitrogens with zero attached hydrogens (tertiary/aromatic N) is 3. The molecule has 2 heterocycles. The van der Waals surface area contributed by atoms with Crippen LogP contribution in [0.3, 0.4) is 0 Å². The number of aromatic nitrogens is 3. The van der Waals surface area contributed by atoms with Gasteiger partial charge in [0.05, 0.1) is 0 Å². The second kappa shape index (κ2) is 6.37. The van der Waals surface area contributed by atoms with Crippen molar-refractivity contribution >= 4 is 29.3 Å². The zero-order chi connectivity index (χ0) is 12.1. The lowest BCUT2D eigenvalue weighted by molar-refractivity contribution is 0.1000. The Morgan fingerprint density at radius 1 is 1.35 bits per heavy atom. The largest absolute Gasteiger partial charge is 0.381 e. The summed E-state index contributed by atoms with van der Waals surface area (Å²) in [4.78, 5) is 12.5. The predicted molar refractivity (Wildman–Crippen MR) is 68.7 cm³/mol. The van der Waals surface area contributed by atoms with E-state index < -0.39 is 0 Å². The highest BCUT2D eigenvalue weighted by molar-refractivity contribution is 7.99. The molecule has 1 N–H and O–H groups in total. The molecule has 0 spiro atoms. The first kappa shape index (κ1) is 12.9. The fourth-order valence-electron chi connectivity index (χ4n) is 1.56. The van der Waals surface area contributed by atoms with Gasteiger partial charge in [0.15, 0.2) is 5.16 Å². The third-order valence-electron chi connectivity index (χ3n) is 2.36. The molecule has 1 aromatic heterocycles. The van der Waals surface area contributed by atoms with Crippen LogP contribution in [0.1, 0.15) is 19.8 Å². The van der Waals surface area contributed by atoms with Crippen LogP contribution in [-0.4, -0.2) is 40.0 Å². The van der Waals surface area contributed by atoms with Crippen LogP contribution in [0.4, 0.5) is 5.95 Å². The Morgan fingerprint density at radius 2 is 2.12 bits per heavy atom. The number of ether oxygens (including phenoxy) is 1. The maximum Gasteiger partial charge on any atom is 0.228 e. The zero-order valence-electron chi connectivity index (χ0n) is 9.65. The van der Waals surface area contributed by atoms with Crippen LogP contribution < -0.4 is 5.32 Å². The van der Waals surface area contributed by atoms with Crippen LogP contribution in [0.2, 0.25) is 5.28 Å². The van der Waals surface area contributed by atoms with Gasteiger partial charge in [-0.15, -0.1) is 0 Å². The SMILES string of the molecule is CCNc1nc(Cl)nc(SC2CCOCC2)n1. The minimum atomic E-state index is 0.241. The summed E-state index contributed by atoms with van der Waals surface area (Å²) in [5, 5.41) is 4.48. The molecule has 1 fully saturated rings. The van der Waals surface area contributed by atoms with Crippen LogP contribution in [0.15, 0.2) is 5.16 Å². The number of rotatable bonds is 4. The molecule has 17 heavy (non-hydrogen) atoms. The third-order valence-corrected chi connectivity index (χ3v) is 3.73. The van der Waals surface area contributed by atoms with Crippen LogP contribution in [0.25, 0.3) is 0 Å². The summed E-state index contributed by atoms with van der Waals surface area (Å²) in [5.74, 6) is 0.544. The van der Waals surface area contributed by atoms with Crippen molar-refractivity contribution in [1.82, 2.24) is 15.0 Å². The molecule has 0 radical (unpaired) electrons. The highest BCUT2D eigenvalue weighted by atomic mass is 35.5. The van der Waals surface area contributed by atoms with Gasteiger partial charge in [-0.3, -0.25) is 0 Å². The van der Waals surface area contributed by atoms with E-state index >= 15 is 0 Å². The fraction of sp³-hybridized carbons (Fsp3) is 0.700. The lowest BCUT2D eigenvalue weighted by Gasteiger charge is -2.20. The highest BCUT2D eigenvalue weighted by Gasteiger charge is 2.17. The maximum atomic E-state index is 5.86. The number of nitrogens with one attached hydrogen (secondary N) is 1. The molecule has 7 heteroatoms. The molecule has 1 saturated heterocycles. The van der Waals surface area contributed by atoms with Crippen molar-refractivity contribution in [3.05, 3.63) is 5.28 Å². The summed E-state index contributed by atoms with van der Waals surface area (Å²) >= 11 is 7.52. The van der Waals surface area contributed by atoms with E-state index in [1.807, 2.05) is 6.92 Å². The van der Waals surface area contributed by atoms with Gasteiger partial charge in [-0.1, -0.05) is 11.8 Å². The van der Waals surface area contributed by atoms with Crippen molar-refractivity contribution in [2.24, 2.45) is 0 Å². The van der Waals surface area contributed by atoms with E-state index in [4.69, 9.17) is 16.3 Å². The van der Waals surface area contributed by atoms with E-state index in [9.17, 15) is 0 Å². The summed E-state index contributed by atoms with van der Waals surface area (Å²) in [5.41, 5.74) is 0. The van der Waals surface area contributed by atoms with Gasteiger partial charge < -0.3 is 10.1 Å². The quantitative estimate of drug-likeness (QED) is 0.909. The van der Waals surface area contributed by atoms with Crippen molar-refractivity contribution in [3.8, 4) is 0 Å². The van der Waals surface area contributed by atoms with E-state index in [2.05, 4.69) is 20.3 Å². The first-order valence-electron chi connectivity index (χ1n) is 5.67. The molecule has 0 atom stereocenters. The lowest BCUT2D eigenvalue weighted by atomic mass is 10.2. The van der Waals surface area contributed by atoms with Gasteiger partial charge >= 0.3 is 0 Å². The minimum Gasteiger partial charge on any atom is -0.381 e. The molecule has 0 saturated carbocycles. The second-order valence-corrected chi connectivity index (χ2v) is 5.28. The monoisotopic (exact) mass is 274 g/mol. The summed E-state index contributed by atoms with van der Waals surface area (Å²) in [6, 6.07) is 0. The van der Waals surface area contributed by atoms with Crippen molar-refractivity contribution < 1.29 is 4.74 Å². The Kier molecular flexibility index (Phi) is 4.82. The first-order chi connectivity index (χ1) is 8.28. The zero-order valence-corrected chi connectivity index (χ0v) is 11.2. The molecule has 94 valence electrons. The summed E-state index contributed by atoms with van der Waals surface area (Å²) in [6.07, 6.45) is 2.06.